The van der Waals surface area contributed by atoms with Crippen LogP contribution in [0.4, 0.5) is 10.5 Å². The fourth-order valence-corrected chi connectivity index (χ4v) is 2.69. The van der Waals surface area contributed by atoms with Crippen LogP contribution in [0.15, 0.2) is 30.6 Å². The topological polar surface area (TPSA) is 80.1 Å². The molecular formula is C15H17N5O2. The van der Waals surface area contributed by atoms with E-state index in [0.717, 1.165) is 11.4 Å². The molecule has 1 saturated heterocycles. The highest BCUT2D eigenvalue weighted by molar-refractivity contribution is 6.23. The Kier molecular flexibility index (Phi) is 3.20. The summed E-state index contributed by atoms with van der Waals surface area (Å²) in [6, 6.07) is 4.80. The number of rotatable bonds is 3. The van der Waals surface area contributed by atoms with Crippen molar-refractivity contribution in [1.29, 1.82) is 0 Å². The van der Waals surface area contributed by atoms with E-state index in [-0.39, 0.29) is 12.5 Å². The number of aryl methyl sites for hydroxylation is 2. The highest BCUT2D eigenvalue weighted by atomic mass is 16.2. The number of hydrogen-bond acceptors (Lipinski definition) is 4. The average Bonchev–Trinajstić information content (AvgIpc) is 2.96. The minimum atomic E-state index is -1.02. The van der Waals surface area contributed by atoms with Gasteiger partial charge in [0, 0.05) is 23.8 Å². The van der Waals surface area contributed by atoms with Gasteiger partial charge in [0.2, 0.25) is 0 Å². The van der Waals surface area contributed by atoms with E-state index in [2.05, 4.69) is 15.4 Å². The summed E-state index contributed by atoms with van der Waals surface area (Å²) in [6.45, 7) is 5.65. The summed E-state index contributed by atoms with van der Waals surface area (Å²) in [7, 11) is 0. The van der Waals surface area contributed by atoms with Crippen LogP contribution in [0, 0.1) is 13.8 Å². The van der Waals surface area contributed by atoms with E-state index in [1.165, 1.54) is 4.90 Å². The normalized spacial score (nSPS) is 21.3. The van der Waals surface area contributed by atoms with Gasteiger partial charge in [-0.15, -0.1) is 0 Å². The molecule has 1 aliphatic heterocycles. The van der Waals surface area contributed by atoms with Crippen molar-refractivity contribution in [2.45, 2.75) is 32.9 Å². The van der Waals surface area contributed by atoms with Crippen LogP contribution >= 0.6 is 0 Å². The van der Waals surface area contributed by atoms with Gasteiger partial charge in [0.25, 0.3) is 5.91 Å². The van der Waals surface area contributed by atoms with E-state index < -0.39 is 11.6 Å². The fraction of sp³-hybridized carbons (Fsp3) is 0.333. The molecule has 22 heavy (non-hydrogen) atoms. The predicted octanol–water partition coefficient (Wildman–Crippen LogP) is 1.41. The molecule has 1 unspecified atom stereocenters. The Morgan fingerprint density at radius 3 is 2.50 bits per heavy atom. The van der Waals surface area contributed by atoms with E-state index in [4.69, 9.17) is 0 Å². The molecule has 3 amide bonds. The molecule has 0 spiro atoms. The van der Waals surface area contributed by atoms with Gasteiger partial charge < -0.3 is 5.32 Å². The average molecular weight is 299 g/mol. The molecule has 0 radical (unpaired) electrons. The summed E-state index contributed by atoms with van der Waals surface area (Å²) in [5, 5.41) is 6.86. The third kappa shape index (κ3) is 2.34. The number of pyridine rings is 1. The van der Waals surface area contributed by atoms with Gasteiger partial charge in [0.05, 0.1) is 12.2 Å². The second kappa shape index (κ2) is 4.94. The first kappa shape index (κ1) is 14.2. The van der Waals surface area contributed by atoms with Gasteiger partial charge in [0.15, 0.2) is 0 Å². The number of nitrogens with one attached hydrogen (secondary N) is 1. The Morgan fingerprint density at radius 1 is 1.23 bits per heavy atom. The van der Waals surface area contributed by atoms with Gasteiger partial charge in [-0.2, -0.15) is 5.10 Å². The Labute approximate surface area is 127 Å². The summed E-state index contributed by atoms with van der Waals surface area (Å²) < 4.78 is 1.63. The van der Waals surface area contributed by atoms with E-state index in [1.807, 2.05) is 13.8 Å². The van der Waals surface area contributed by atoms with Crippen molar-refractivity contribution >= 4 is 17.6 Å². The number of anilines is 1. The Balaban J connectivity index is 1.94. The highest BCUT2D eigenvalue weighted by Gasteiger charge is 2.49. The SMILES string of the molecule is Cc1cc(N2C(=O)NC(C)(Cn3cccn3)C2=O)cc(C)n1. The number of hydrogen-bond donors (Lipinski definition) is 1. The molecule has 3 rings (SSSR count). The first-order valence-electron chi connectivity index (χ1n) is 6.98. The largest absolute Gasteiger partial charge is 0.329 e. The molecule has 0 bridgehead atoms. The zero-order chi connectivity index (χ0) is 15.9. The molecule has 0 aliphatic carbocycles. The Hall–Kier alpha value is -2.70. The van der Waals surface area contributed by atoms with Crippen LogP contribution in [-0.4, -0.2) is 32.2 Å². The van der Waals surface area contributed by atoms with E-state index in [9.17, 15) is 9.59 Å². The number of nitrogens with zero attached hydrogens (tertiary/aromatic N) is 4. The third-order valence-electron chi connectivity index (χ3n) is 3.62. The molecule has 7 nitrogen and oxygen atoms in total. The molecule has 2 aromatic heterocycles. The van der Waals surface area contributed by atoms with Crippen LogP contribution in [0.5, 0.6) is 0 Å². The zero-order valence-electron chi connectivity index (χ0n) is 12.7. The van der Waals surface area contributed by atoms with Crippen molar-refractivity contribution < 1.29 is 9.59 Å². The summed E-state index contributed by atoms with van der Waals surface area (Å²) >= 11 is 0. The number of imide groups is 1. The van der Waals surface area contributed by atoms with Crippen molar-refractivity contribution in [2.75, 3.05) is 4.90 Å². The van der Waals surface area contributed by atoms with Crippen molar-refractivity contribution in [1.82, 2.24) is 20.1 Å². The monoisotopic (exact) mass is 299 g/mol. The lowest BCUT2D eigenvalue weighted by molar-refractivity contribution is -0.122. The van der Waals surface area contributed by atoms with Crippen LogP contribution in [-0.2, 0) is 11.3 Å². The molecule has 3 heterocycles. The quantitative estimate of drug-likeness (QED) is 0.869. The first-order valence-corrected chi connectivity index (χ1v) is 6.98. The summed E-state index contributed by atoms with van der Waals surface area (Å²) in [5.74, 6) is -0.294. The van der Waals surface area contributed by atoms with E-state index in [1.54, 1.807) is 42.2 Å². The zero-order valence-corrected chi connectivity index (χ0v) is 12.7. The highest BCUT2D eigenvalue weighted by Crippen LogP contribution is 2.26. The maximum absolute atomic E-state index is 12.8. The number of carbonyl (C=O) groups is 2. The first-order chi connectivity index (χ1) is 10.4. The van der Waals surface area contributed by atoms with Gasteiger partial charge in [-0.25, -0.2) is 9.69 Å². The molecule has 114 valence electrons. The lowest BCUT2D eigenvalue weighted by atomic mass is 10.0. The van der Waals surface area contributed by atoms with Crippen LogP contribution in [0.25, 0.3) is 0 Å². The number of urea groups is 1. The fourth-order valence-electron chi connectivity index (χ4n) is 2.69. The van der Waals surface area contributed by atoms with Gasteiger partial charge in [-0.3, -0.25) is 14.5 Å². The van der Waals surface area contributed by atoms with E-state index in [0.29, 0.717) is 5.69 Å². The van der Waals surface area contributed by atoms with Crippen molar-refractivity contribution in [3.63, 3.8) is 0 Å². The summed E-state index contributed by atoms with van der Waals surface area (Å²) in [5.41, 5.74) is 1.04. The van der Waals surface area contributed by atoms with Gasteiger partial charge in [0.1, 0.15) is 5.54 Å². The van der Waals surface area contributed by atoms with E-state index >= 15 is 0 Å². The molecule has 1 N–H and O–H groups in total. The summed E-state index contributed by atoms with van der Waals surface area (Å²) in [4.78, 5) is 30.5. The van der Waals surface area contributed by atoms with Crippen LogP contribution in [0.2, 0.25) is 0 Å². The van der Waals surface area contributed by atoms with Gasteiger partial charge in [-0.1, -0.05) is 0 Å². The second-order valence-electron chi connectivity index (χ2n) is 5.71. The van der Waals surface area contributed by atoms with Crippen LogP contribution in [0.1, 0.15) is 18.3 Å². The van der Waals surface area contributed by atoms with Crippen molar-refractivity contribution in [3.05, 3.63) is 42.0 Å². The number of amides is 3. The molecule has 7 heteroatoms. The standard InChI is InChI=1S/C15H17N5O2/c1-10-7-12(8-11(2)17-10)20-13(21)15(3,18-14(20)22)9-19-6-4-5-16-19/h4-8H,9H2,1-3H3,(H,18,22). The molecule has 0 saturated carbocycles. The Morgan fingerprint density at radius 2 is 1.91 bits per heavy atom. The minimum Gasteiger partial charge on any atom is -0.321 e. The lowest BCUT2D eigenvalue weighted by Crippen LogP contribution is -2.47. The Bertz CT molecular complexity index is 720. The smallest absolute Gasteiger partial charge is 0.321 e. The molecular weight excluding hydrogens is 282 g/mol. The van der Waals surface area contributed by atoms with Crippen molar-refractivity contribution in [2.24, 2.45) is 0 Å². The molecule has 1 fully saturated rings. The number of carbonyl (C=O) groups excluding carboxylic acids is 2. The molecule has 2 aromatic rings. The third-order valence-corrected chi connectivity index (χ3v) is 3.62. The molecule has 0 aromatic carbocycles. The van der Waals surface area contributed by atoms with Crippen LogP contribution < -0.4 is 10.2 Å². The van der Waals surface area contributed by atoms with Crippen molar-refractivity contribution in [3.8, 4) is 0 Å². The molecule has 1 atom stereocenters. The summed E-state index contributed by atoms with van der Waals surface area (Å²) in [6.07, 6.45) is 3.39. The maximum atomic E-state index is 12.8. The second-order valence-corrected chi connectivity index (χ2v) is 5.71. The van der Waals surface area contributed by atoms with Gasteiger partial charge >= 0.3 is 6.03 Å². The van der Waals surface area contributed by atoms with Gasteiger partial charge in [-0.05, 0) is 39.0 Å². The minimum absolute atomic E-state index is 0.282. The number of aromatic nitrogens is 3. The lowest BCUT2D eigenvalue weighted by Gasteiger charge is -2.21. The molecule has 1 aliphatic rings. The maximum Gasteiger partial charge on any atom is 0.329 e. The van der Waals surface area contributed by atoms with Crippen LogP contribution in [0.3, 0.4) is 0 Å². The predicted molar refractivity (Wildman–Crippen MR) is 80.4 cm³/mol.